The number of nitrogens with zero attached hydrogens (tertiary/aromatic N) is 5. The SMILES string of the molecule is Cn1cc(CCNC(=O)C(=O)N2CCN(C(=O)c3ccc(F)cc3)CC2)nn1. The average molecular weight is 388 g/mol. The highest BCUT2D eigenvalue weighted by molar-refractivity contribution is 6.35. The van der Waals surface area contributed by atoms with Gasteiger partial charge in [0.1, 0.15) is 5.82 Å². The van der Waals surface area contributed by atoms with Crippen molar-refractivity contribution in [1.29, 1.82) is 0 Å². The van der Waals surface area contributed by atoms with Crippen LogP contribution in [-0.2, 0) is 23.1 Å². The van der Waals surface area contributed by atoms with Crippen LogP contribution in [0.2, 0.25) is 0 Å². The van der Waals surface area contributed by atoms with Gasteiger partial charge in [0.25, 0.3) is 5.91 Å². The number of aryl methyl sites for hydroxylation is 1. The molecule has 2 heterocycles. The molecule has 1 aromatic heterocycles. The van der Waals surface area contributed by atoms with Gasteiger partial charge in [0.05, 0.1) is 5.69 Å². The van der Waals surface area contributed by atoms with Crippen molar-refractivity contribution < 1.29 is 18.8 Å². The van der Waals surface area contributed by atoms with E-state index >= 15 is 0 Å². The summed E-state index contributed by atoms with van der Waals surface area (Å²) in [7, 11) is 1.75. The second kappa shape index (κ2) is 8.59. The summed E-state index contributed by atoms with van der Waals surface area (Å²) in [6, 6.07) is 5.33. The summed E-state index contributed by atoms with van der Waals surface area (Å²) in [5.41, 5.74) is 1.12. The van der Waals surface area contributed by atoms with E-state index in [0.717, 1.165) is 5.69 Å². The summed E-state index contributed by atoms with van der Waals surface area (Å²) in [5.74, 6) is -1.92. The van der Waals surface area contributed by atoms with Crippen LogP contribution in [0.1, 0.15) is 16.1 Å². The van der Waals surface area contributed by atoms with Gasteiger partial charge in [-0.1, -0.05) is 5.21 Å². The number of aromatic nitrogens is 3. The lowest BCUT2D eigenvalue weighted by atomic mass is 10.1. The Balaban J connectivity index is 1.44. The van der Waals surface area contributed by atoms with Gasteiger partial charge in [-0.2, -0.15) is 0 Å². The molecule has 9 nitrogen and oxygen atoms in total. The van der Waals surface area contributed by atoms with Crippen molar-refractivity contribution in [3.63, 3.8) is 0 Å². The molecule has 3 rings (SSSR count). The zero-order valence-electron chi connectivity index (χ0n) is 15.5. The number of rotatable bonds is 4. The molecule has 0 bridgehead atoms. The Morgan fingerprint density at radius 1 is 1.07 bits per heavy atom. The molecule has 0 unspecified atom stereocenters. The molecule has 1 aliphatic rings. The molecule has 148 valence electrons. The number of nitrogens with one attached hydrogen (secondary N) is 1. The maximum atomic E-state index is 13.0. The van der Waals surface area contributed by atoms with Crippen molar-refractivity contribution in [3.05, 3.63) is 47.5 Å². The maximum absolute atomic E-state index is 13.0. The van der Waals surface area contributed by atoms with E-state index in [1.165, 1.54) is 29.2 Å². The Hall–Kier alpha value is -3.30. The van der Waals surface area contributed by atoms with E-state index in [0.29, 0.717) is 25.1 Å². The van der Waals surface area contributed by atoms with Crippen LogP contribution in [0.25, 0.3) is 0 Å². The summed E-state index contributed by atoms with van der Waals surface area (Å²) in [4.78, 5) is 39.7. The highest BCUT2D eigenvalue weighted by Gasteiger charge is 2.28. The molecular weight excluding hydrogens is 367 g/mol. The predicted molar refractivity (Wildman–Crippen MR) is 96.6 cm³/mol. The molecule has 10 heteroatoms. The van der Waals surface area contributed by atoms with Crippen molar-refractivity contribution in [3.8, 4) is 0 Å². The van der Waals surface area contributed by atoms with Crippen LogP contribution in [-0.4, -0.2) is 75.2 Å². The monoisotopic (exact) mass is 388 g/mol. The molecule has 1 N–H and O–H groups in total. The van der Waals surface area contributed by atoms with E-state index in [9.17, 15) is 18.8 Å². The standard InChI is InChI=1S/C18H21FN6O3/c1-23-12-15(21-22-23)6-7-20-16(26)18(28)25-10-8-24(9-11-25)17(27)13-2-4-14(19)5-3-13/h2-5,12H,6-11H2,1H3,(H,20,26). The van der Waals surface area contributed by atoms with Gasteiger partial charge in [-0.05, 0) is 24.3 Å². The fraction of sp³-hybridized carbons (Fsp3) is 0.389. The van der Waals surface area contributed by atoms with E-state index < -0.39 is 17.6 Å². The summed E-state index contributed by atoms with van der Waals surface area (Å²) >= 11 is 0. The van der Waals surface area contributed by atoms with Crippen molar-refractivity contribution in [2.24, 2.45) is 7.05 Å². The number of carbonyl (C=O) groups excluding carboxylic acids is 3. The minimum Gasteiger partial charge on any atom is -0.347 e. The fourth-order valence-corrected chi connectivity index (χ4v) is 2.92. The van der Waals surface area contributed by atoms with Crippen LogP contribution in [0.3, 0.4) is 0 Å². The lowest BCUT2D eigenvalue weighted by Crippen LogP contribution is -2.54. The summed E-state index contributed by atoms with van der Waals surface area (Å²) < 4.78 is 14.5. The molecule has 2 aromatic rings. The smallest absolute Gasteiger partial charge is 0.312 e. The second-order valence-corrected chi connectivity index (χ2v) is 6.48. The highest BCUT2D eigenvalue weighted by Crippen LogP contribution is 2.10. The first kappa shape index (κ1) is 19.5. The second-order valence-electron chi connectivity index (χ2n) is 6.48. The van der Waals surface area contributed by atoms with Crippen molar-refractivity contribution in [2.75, 3.05) is 32.7 Å². The fourth-order valence-electron chi connectivity index (χ4n) is 2.92. The van der Waals surface area contributed by atoms with Crippen molar-refractivity contribution in [1.82, 2.24) is 30.1 Å². The Labute approximate surface area is 161 Å². The molecule has 3 amide bonds. The van der Waals surface area contributed by atoms with Crippen LogP contribution >= 0.6 is 0 Å². The molecule has 0 radical (unpaired) electrons. The van der Waals surface area contributed by atoms with E-state index in [2.05, 4.69) is 15.6 Å². The molecule has 0 atom stereocenters. The van der Waals surface area contributed by atoms with Gasteiger partial charge in [-0.15, -0.1) is 5.10 Å². The Bertz CT molecular complexity index is 858. The third kappa shape index (κ3) is 4.70. The Kier molecular flexibility index (Phi) is 5.97. The number of carbonyl (C=O) groups is 3. The van der Waals surface area contributed by atoms with E-state index in [1.54, 1.807) is 22.8 Å². The first-order valence-corrected chi connectivity index (χ1v) is 8.91. The van der Waals surface area contributed by atoms with Gasteiger partial charge >= 0.3 is 11.8 Å². The van der Waals surface area contributed by atoms with Crippen molar-refractivity contribution in [2.45, 2.75) is 6.42 Å². The highest BCUT2D eigenvalue weighted by atomic mass is 19.1. The topological polar surface area (TPSA) is 100 Å². The molecule has 1 aliphatic heterocycles. The lowest BCUT2D eigenvalue weighted by Gasteiger charge is -2.34. The zero-order chi connectivity index (χ0) is 20.1. The number of amides is 3. The van der Waals surface area contributed by atoms with E-state index in [1.807, 2.05) is 0 Å². The van der Waals surface area contributed by atoms with Gasteiger partial charge in [0.2, 0.25) is 0 Å². The average Bonchev–Trinajstić information content (AvgIpc) is 3.12. The molecule has 0 saturated carbocycles. The van der Waals surface area contributed by atoms with Gasteiger partial charge in [-0.25, -0.2) is 4.39 Å². The number of piperazine rings is 1. The summed E-state index contributed by atoms with van der Waals surface area (Å²) in [6.45, 7) is 1.45. The largest absolute Gasteiger partial charge is 0.347 e. The molecule has 0 aliphatic carbocycles. The Morgan fingerprint density at radius 3 is 2.32 bits per heavy atom. The Morgan fingerprint density at radius 2 is 1.71 bits per heavy atom. The maximum Gasteiger partial charge on any atom is 0.312 e. The van der Waals surface area contributed by atoms with Crippen LogP contribution in [0, 0.1) is 5.82 Å². The number of halogens is 1. The van der Waals surface area contributed by atoms with Crippen LogP contribution in [0.4, 0.5) is 4.39 Å². The summed E-state index contributed by atoms with van der Waals surface area (Å²) in [5, 5.41) is 10.3. The number of hydrogen-bond donors (Lipinski definition) is 1. The first-order valence-electron chi connectivity index (χ1n) is 8.91. The molecule has 0 spiro atoms. The number of hydrogen-bond acceptors (Lipinski definition) is 5. The lowest BCUT2D eigenvalue weighted by molar-refractivity contribution is -0.146. The van der Waals surface area contributed by atoms with Gasteiger partial charge < -0.3 is 15.1 Å². The quantitative estimate of drug-likeness (QED) is 0.719. The third-order valence-corrected chi connectivity index (χ3v) is 4.46. The van der Waals surface area contributed by atoms with Crippen molar-refractivity contribution >= 4 is 17.7 Å². The number of benzene rings is 1. The van der Waals surface area contributed by atoms with Crippen LogP contribution in [0.15, 0.2) is 30.5 Å². The van der Waals surface area contributed by atoms with Crippen LogP contribution < -0.4 is 5.32 Å². The molecule has 28 heavy (non-hydrogen) atoms. The van der Waals surface area contributed by atoms with Gasteiger partial charge in [0.15, 0.2) is 0 Å². The summed E-state index contributed by atoms with van der Waals surface area (Å²) in [6.07, 6.45) is 2.22. The molecule has 1 aromatic carbocycles. The molecule has 1 saturated heterocycles. The molecular formula is C18H21FN6O3. The minimum absolute atomic E-state index is 0.222. The van der Waals surface area contributed by atoms with Gasteiger partial charge in [-0.3, -0.25) is 19.1 Å². The van der Waals surface area contributed by atoms with Gasteiger partial charge in [0, 0.05) is 58.0 Å². The predicted octanol–water partition coefficient (Wildman–Crippen LogP) is -0.402. The third-order valence-electron chi connectivity index (χ3n) is 4.46. The molecule has 1 fully saturated rings. The van der Waals surface area contributed by atoms with E-state index in [4.69, 9.17) is 0 Å². The zero-order valence-corrected chi connectivity index (χ0v) is 15.5. The van der Waals surface area contributed by atoms with Crippen LogP contribution in [0.5, 0.6) is 0 Å². The normalized spacial score (nSPS) is 14.1. The van der Waals surface area contributed by atoms with E-state index in [-0.39, 0.29) is 25.5 Å². The minimum atomic E-state index is -0.679. The first-order chi connectivity index (χ1) is 13.4.